The summed E-state index contributed by atoms with van der Waals surface area (Å²) in [6, 6.07) is 13.8. The summed E-state index contributed by atoms with van der Waals surface area (Å²) in [5, 5.41) is 0. The molecule has 22 heavy (non-hydrogen) atoms. The van der Waals surface area contributed by atoms with E-state index in [1.807, 2.05) is 12.1 Å². The van der Waals surface area contributed by atoms with Gasteiger partial charge in [-0.3, -0.25) is 4.72 Å². The summed E-state index contributed by atoms with van der Waals surface area (Å²) in [5.74, 6) is 1.14. The Hall–Kier alpha value is -2.01. The van der Waals surface area contributed by atoms with E-state index in [1.54, 1.807) is 43.5 Å². The maximum atomic E-state index is 12.4. The van der Waals surface area contributed by atoms with E-state index in [2.05, 4.69) is 18.6 Å². The number of hydrogen-bond acceptors (Lipinski definition) is 3. The van der Waals surface area contributed by atoms with Crippen LogP contribution >= 0.6 is 0 Å². The highest BCUT2D eigenvalue weighted by Crippen LogP contribution is 2.21. The first-order valence-electron chi connectivity index (χ1n) is 7.16. The number of benzene rings is 2. The number of ether oxygens (including phenoxy) is 1. The van der Waals surface area contributed by atoms with E-state index in [0.717, 1.165) is 12.0 Å². The van der Waals surface area contributed by atoms with Crippen molar-refractivity contribution in [1.29, 1.82) is 0 Å². The van der Waals surface area contributed by atoms with Gasteiger partial charge in [-0.25, -0.2) is 8.42 Å². The van der Waals surface area contributed by atoms with Crippen molar-refractivity contribution < 1.29 is 13.2 Å². The standard InChI is InChI=1S/C17H21NO3S/c1-13(2)11-14-7-9-17(10-8-14)22(19,20)18-15-5-4-6-16(12-15)21-3/h4-10,12-13,18H,11H2,1-3H3. The topological polar surface area (TPSA) is 55.4 Å². The summed E-state index contributed by atoms with van der Waals surface area (Å²) in [6.07, 6.45) is 0.934. The quantitative estimate of drug-likeness (QED) is 0.883. The Morgan fingerprint density at radius 1 is 1.09 bits per heavy atom. The monoisotopic (exact) mass is 319 g/mol. The van der Waals surface area contributed by atoms with E-state index in [-0.39, 0.29) is 4.90 Å². The van der Waals surface area contributed by atoms with Gasteiger partial charge in [-0.2, -0.15) is 0 Å². The third kappa shape index (κ3) is 4.24. The molecule has 2 rings (SSSR count). The van der Waals surface area contributed by atoms with Crippen LogP contribution in [0.1, 0.15) is 19.4 Å². The highest BCUT2D eigenvalue weighted by Gasteiger charge is 2.14. The van der Waals surface area contributed by atoms with Crippen molar-refractivity contribution in [3.63, 3.8) is 0 Å². The average molecular weight is 319 g/mol. The molecular formula is C17H21NO3S. The normalized spacial score (nSPS) is 11.5. The molecule has 0 radical (unpaired) electrons. The molecule has 0 aliphatic carbocycles. The Morgan fingerprint density at radius 2 is 1.77 bits per heavy atom. The molecule has 0 atom stereocenters. The minimum atomic E-state index is -3.59. The Kier molecular flexibility index (Phi) is 5.08. The summed E-state index contributed by atoms with van der Waals surface area (Å²) in [6.45, 7) is 4.27. The van der Waals surface area contributed by atoms with Gasteiger partial charge in [0.05, 0.1) is 17.7 Å². The van der Waals surface area contributed by atoms with Crippen LogP contribution in [0.2, 0.25) is 0 Å². The number of methoxy groups -OCH3 is 1. The summed E-state index contributed by atoms with van der Waals surface area (Å²) >= 11 is 0. The van der Waals surface area contributed by atoms with Gasteiger partial charge >= 0.3 is 0 Å². The number of hydrogen-bond donors (Lipinski definition) is 1. The first-order valence-corrected chi connectivity index (χ1v) is 8.65. The van der Waals surface area contributed by atoms with Crippen molar-refractivity contribution in [2.45, 2.75) is 25.2 Å². The fraction of sp³-hybridized carbons (Fsp3) is 0.294. The first kappa shape index (κ1) is 16.4. The van der Waals surface area contributed by atoms with E-state index < -0.39 is 10.0 Å². The summed E-state index contributed by atoms with van der Waals surface area (Å²) in [7, 11) is -2.05. The van der Waals surface area contributed by atoms with Gasteiger partial charge in [0, 0.05) is 6.07 Å². The van der Waals surface area contributed by atoms with Crippen LogP contribution in [0.25, 0.3) is 0 Å². The predicted octanol–water partition coefficient (Wildman–Crippen LogP) is 3.69. The van der Waals surface area contributed by atoms with Crippen molar-refractivity contribution >= 4 is 15.7 Å². The Morgan fingerprint density at radius 3 is 2.36 bits per heavy atom. The molecule has 0 fully saturated rings. The minimum Gasteiger partial charge on any atom is -0.497 e. The molecule has 0 aliphatic heterocycles. The zero-order chi connectivity index (χ0) is 16.2. The second-order valence-corrected chi connectivity index (χ2v) is 7.26. The van der Waals surface area contributed by atoms with Crippen LogP contribution in [0, 0.1) is 5.92 Å². The Bertz CT molecular complexity index is 722. The molecule has 0 bridgehead atoms. The summed E-state index contributed by atoms with van der Waals surface area (Å²) in [4.78, 5) is 0.253. The van der Waals surface area contributed by atoms with E-state index in [9.17, 15) is 8.42 Å². The van der Waals surface area contributed by atoms with Crippen LogP contribution in [-0.4, -0.2) is 15.5 Å². The SMILES string of the molecule is COc1cccc(NS(=O)(=O)c2ccc(CC(C)C)cc2)c1. The van der Waals surface area contributed by atoms with Crippen LogP contribution < -0.4 is 9.46 Å². The highest BCUT2D eigenvalue weighted by atomic mass is 32.2. The molecule has 0 unspecified atom stereocenters. The van der Waals surface area contributed by atoms with E-state index in [4.69, 9.17) is 4.74 Å². The molecule has 0 heterocycles. The van der Waals surface area contributed by atoms with Crippen molar-refractivity contribution in [2.24, 2.45) is 5.92 Å². The van der Waals surface area contributed by atoms with Gasteiger partial charge in [-0.15, -0.1) is 0 Å². The zero-order valence-corrected chi connectivity index (χ0v) is 13.9. The van der Waals surface area contributed by atoms with Gasteiger partial charge in [0.2, 0.25) is 0 Å². The second-order valence-electron chi connectivity index (χ2n) is 5.58. The van der Waals surface area contributed by atoms with Gasteiger partial charge in [0.15, 0.2) is 0 Å². The summed E-state index contributed by atoms with van der Waals surface area (Å²) < 4.78 is 32.4. The van der Waals surface area contributed by atoms with Crippen LogP contribution in [0.4, 0.5) is 5.69 Å². The maximum absolute atomic E-state index is 12.4. The molecule has 2 aromatic rings. The molecular weight excluding hydrogens is 298 g/mol. The van der Waals surface area contributed by atoms with E-state index in [1.165, 1.54) is 0 Å². The van der Waals surface area contributed by atoms with Crippen molar-refractivity contribution in [3.8, 4) is 5.75 Å². The van der Waals surface area contributed by atoms with Crippen LogP contribution in [0.3, 0.4) is 0 Å². The second kappa shape index (κ2) is 6.83. The van der Waals surface area contributed by atoms with E-state index in [0.29, 0.717) is 17.4 Å². The maximum Gasteiger partial charge on any atom is 0.261 e. The number of nitrogens with one attached hydrogen (secondary N) is 1. The fourth-order valence-corrected chi connectivity index (χ4v) is 3.23. The predicted molar refractivity (Wildman–Crippen MR) is 88.8 cm³/mol. The molecule has 118 valence electrons. The molecule has 0 saturated carbocycles. The minimum absolute atomic E-state index is 0.253. The van der Waals surface area contributed by atoms with Crippen molar-refractivity contribution in [2.75, 3.05) is 11.8 Å². The Balaban J connectivity index is 2.19. The van der Waals surface area contributed by atoms with Crippen LogP contribution in [0.15, 0.2) is 53.4 Å². The van der Waals surface area contributed by atoms with Crippen LogP contribution in [-0.2, 0) is 16.4 Å². The Labute approximate surface area is 132 Å². The lowest BCUT2D eigenvalue weighted by Crippen LogP contribution is -2.13. The van der Waals surface area contributed by atoms with Crippen molar-refractivity contribution in [3.05, 3.63) is 54.1 Å². The van der Waals surface area contributed by atoms with Crippen LogP contribution in [0.5, 0.6) is 5.75 Å². The summed E-state index contributed by atoms with van der Waals surface area (Å²) in [5.41, 5.74) is 1.61. The lowest BCUT2D eigenvalue weighted by molar-refractivity contribution is 0.415. The van der Waals surface area contributed by atoms with Gasteiger partial charge in [-0.1, -0.05) is 32.0 Å². The molecule has 0 amide bonds. The lowest BCUT2D eigenvalue weighted by Gasteiger charge is -2.10. The molecule has 0 aromatic heterocycles. The smallest absolute Gasteiger partial charge is 0.261 e. The lowest BCUT2D eigenvalue weighted by atomic mass is 10.0. The van der Waals surface area contributed by atoms with Gasteiger partial charge in [0.25, 0.3) is 10.0 Å². The molecule has 0 spiro atoms. The third-order valence-corrected chi connectivity index (χ3v) is 4.60. The number of anilines is 1. The number of rotatable bonds is 6. The average Bonchev–Trinajstić information content (AvgIpc) is 2.47. The highest BCUT2D eigenvalue weighted by molar-refractivity contribution is 7.92. The molecule has 2 aromatic carbocycles. The van der Waals surface area contributed by atoms with E-state index >= 15 is 0 Å². The largest absolute Gasteiger partial charge is 0.497 e. The fourth-order valence-electron chi connectivity index (χ4n) is 2.18. The van der Waals surface area contributed by atoms with Gasteiger partial charge in [0.1, 0.15) is 5.75 Å². The van der Waals surface area contributed by atoms with Gasteiger partial charge < -0.3 is 4.74 Å². The molecule has 5 heteroatoms. The molecule has 4 nitrogen and oxygen atoms in total. The number of sulfonamides is 1. The first-order chi connectivity index (χ1) is 10.4. The third-order valence-electron chi connectivity index (χ3n) is 3.20. The molecule has 1 N–H and O–H groups in total. The van der Waals surface area contributed by atoms with Crippen molar-refractivity contribution in [1.82, 2.24) is 0 Å². The zero-order valence-electron chi connectivity index (χ0n) is 13.0. The molecule has 0 saturated heterocycles. The molecule has 0 aliphatic rings. The van der Waals surface area contributed by atoms with Gasteiger partial charge in [-0.05, 0) is 42.2 Å².